The number of nitrogens with zero attached hydrogens (tertiary/aromatic N) is 2. The van der Waals surface area contributed by atoms with E-state index in [0.29, 0.717) is 49.4 Å². The Morgan fingerprint density at radius 2 is 1.37 bits per heavy atom. The zero-order chi connectivity index (χ0) is 46.9. The van der Waals surface area contributed by atoms with Crippen molar-refractivity contribution in [1.82, 2.24) is 10.2 Å². The number of hydrogen-bond acceptors (Lipinski definition) is 9. The smallest absolute Gasteiger partial charge is 0.437 e. The van der Waals surface area contributed by atoms with Gasteiger partial charge in [-0.15, -0.1) is 4.99 Å². The van der Waals surface area contributed by atoms with Crippen molar-refractivity contribution in [1.29, 1.82) is 0 Å². The monoisotopic (exact) mass is 888 g/mol. The molecule has 0 saturated heterocycles. The maximum atomic E-state index is 14.1. The zero-order valence-electron chi connectivity index (χ0n) is 38.9. The van der Waals surface area contributed by atoms with Crippen LogP contribution in [0.2, 0.25) is 5.02 Å². The van der Waals surface area contributed by atoms with E-state index >= 15 is 0 Å². The molecule has 3 aromatic rings. The quantitative estimate of drug-likeness (QED) is 0.0659. The Morgan fingerprint density at radius 3 is 1.94 bits per heavy atom. The second-order valence-electron chi connectivity index (χ2n) is 19.9. The van der Waals surface area contributed by atoms with E-state index < -0.39 is 35.0 Å². The molecular weight excluding hydrogens is 824 g/mol. The third kappa shape index (κ3) is 17.0. The van der Waals surface area contributed by atoms with Crippen LogP contribution in [0.15, 0.2) is 71.7 Å². The number of amides is 3. The second kappa shape index (κ2) is 20.8. The normalized spacial score (nSPS) is 16.0. The fourth-order valence-corrected chi connectivity index (χ4v) is 7.06. The Balaban J connectivity index is 1.42. The molecule has 0 radical (unpaired) electrons. The molecule has 0 spiro atoms. The van der Waals surface area contributed by atoms with Gasteiger partial charge in [0.1, 0.15) is 22.6 Å². The molecule has 0 heterocycles. The van der Waals surface area contributed by atoms with Crippen LogP contribution in [0.3, 0.4) is 0 Å². The van der Waals surface area contributed by atoms with E-state index in [1.165, 1.54) is 17.7 Å². The van der Waals surface area contributed by atoms with E-state index in [0.717, 1.165) is 11.1 Å². The molecule has 0 aliphatic heterocycles. The fraction of sp³-hybridized carbons (Fsp3) is 0.510. The van der Waals surface area contributed by atoms with Crippen molar-refractivity contribution in [3.63, 3.8) is 0 Å². The van der Waals surface area contributed by atoms with Crippen LogP contribution in [0.4, 0.5) is 15.3 Å². The highest BCUT2D eigenvalue weighted by atomic mass is 35.5. The summed E-state index contributed by atoms with van der Waals surface area (Å²) in [6, 6.07) is 19.3. The van der Waals surface area contributed by atoms with Gasteiger partial charge < -0.3 is 29.2 Å². The molecule has 1 aliphatic carbocycles. The maximum Gasteiger partial charge on any atom is 0.437 e. The van der Waals surface area contributed by atoms with E-state index in [4.69, 9.17) is 30.5 Å². The second-order valence-corrected chi connectivity index (χ2v) is 20.3. The summed E-state index contributed by atoms with van der Waals surface area (Å²) in [5.41, 5.74) is 1.33. The summed E-state index contributed by atoms with van der Waals surface area (Å²) >= 11 is 6.71. The summed E-state index contributed by atoms with van der Waals surface area (Å²) in [6.45, 7) is 22.7. The number of rotatable bonds is 10. The number of benzene rings is 3. The maximum absolute atomic E-state index is 14.1. The number of guanidine groups is 1. The summed E-state index contributed by atoms with van der Waals surface area (Å²) in [7, 11) is 0. The van der Waals surface area contributed by atoms with Crippen LogP contribution >= 0.6 is 11.6 Å². The van der Waals surface area contributed by atoms with E-state index in [1.807, 2.05) is 31.7 Å². The predicted octanol–water partition coefficient (Wildman–Crippen LogP) is 10.9. The molecule has 1 fully saturated rings. The molecule has 13 nitrogen and oxygen atoms in total. The zero-order valence-corrected chi connectivity index (χ0v) is 39.7. The first-order chi connectivity index (χ1) is 29.1. The first-order valence-corrected chi connectivity index (χ1v) is 21.8. The van der Waals surface area contributed by atoms with Crippen molar-refractivity contribution in [3.05, 3.63) is 94.0 Å². The van der Waals surface area contributed by atoms with E-state index in [2.05, 4.69) is 54.6 Å². The summed E-state index contributed by atoms with van der Waals surface area (Å²) in [4.78, 5) is 70.9. The molecule has 0 atom stereocenters. The molecule has 14 heteroatoms. The SMILES string of the molecule is CC(C)(C)OC(=O)/N=C(/NC(=O)OC(C)(C)C)Nc1ccc(C(=O)Oc2ccc(CCC(=O)N(Cc3cccc(C(C)(C)C)c3)[C@H]3CC[C@H](C(=O)OC(C)(C)C)CC3)c(Cl)c2)cc1. The van der Waals surface area contributed by atoms with Crippen molar-refractivity contribution in [3.8, 4) is 5.75 Å². The molecule has 0 aromatic heterocycles. The first-order valence-electron chi connectivity index (χ1n) is 21.5. The third-order valence-corrected chi connectivity index (χ3v) is 10.1. The van der Waals surface area contributed by atoms with Crippen molar-refractivity contribution in [2.24, 2.45) is 10.9 Å². The van der Waals surface area contributed by atoms with Gasteiger partial charge >= 0.3 is 24.1 Å². The summed E-state index contributed by atoms with van der Waals surface area (Å²) in [6.07, 6.45) is 1.49. The minimum atomic E-state index is -0.937. The molecule has 1 aliphatic rings. The summed E-state index contributed by atoms with van der Waals surface area (Å²) < 4.78 is 21.9. The number of carbonyl (C=O) groups is 5. The Bertz CT molecular complexity index is 2130. The number of aliphatic imine (C=N–C) groups is 1. The molecule has 3 amide bonds. The number of halogens is 1. The van der Waals surface area contributed by atoms with Crippen molar-refractivity contribution in [2.75, 3.05) is 5.32 Å². The number of nitrogens with one attached hydrogen (secondary N) is 2. The Morgan fingerprint density at radius 1 is 0.746 bits per heavy atom. The molecule has 0 bridgehead atoms. The summed E-state index contributed by atoms with van der Waals surface area (Å²) in [5.74, 6) is -1.05. The van der Waals surface area contributed by atoms with Gasteiger partial charge in [0.15, 0.2) is 0 Å². The lowest BCUT2D eigenvalue weighted by molar-refractivity contribution is -0.161. The van der Waals surface area contributed by atoms with Crippen LogP contribution in [-0.4, -0.2) is 63.7 Å². The highest BCUT2D eigenvalue weighted by Crippen LogP contribution is 2.33. The van der Waals surface area contributed by atoms with Crippen molar-refractivity contribution in [2.45, 2.75) is 156 Å². The lowest BCUT2D eigenvalue weighted by atomic mass is 9.84. The summed E-state index contributed by atoms with van der Waals surface area (Å²) in [5, 5.41) is 5.61. The number of anilines is 1. The van der Waals surface area contributed by atoms with Crippen LogP contribution in [0, 0.1) is 5.92 Å². The lowest BCUT2D eigenvalue weighted by Gasteiger charge is -2.37. The lowest BCUT2D eigenvalue weighted by Crippen LogP contribution is -2.43. The van der Waals surface area contributed by atoms with Crippen LogP contribution in [-0.2, 0) is 42.2 Å². The molecular formula is C49H65ClN4O9. The van der Waals surface area contributed by atoms with Gasteiger partial charge in [-0.05, 0) is 153 Å². The van der Waals surface area contributed by atoms with Gasteiger partial charge in [-0.3, -0.25) is 14.9 Å². The van der Waals surface area contributed by atoms with Crippen molar-refractivity contribution < 1.29 is 42.9 Å². The standard InChI is InChI=1S/C49H65ClN4O9/c1-46(2,3)35-15-13-14-31(28-35)30-54(37-24-18-34(19-25-37)42(57)61-47(4,5)6)40(55)27-21-32-20-26-38(29-39(32)50)60-41(56)33-16-22-36(23-17-33)51-43(52-44(58)62-48(7,8)9)53-45(59)63-49(10,11)12/h13-17,20,22-23,26,28-29,34,37H,18-19,21,24-25,27,30H2,1-12H3,(H2,51,52,53,58,59)/t34-,37-. The molecule has 63 heavy (non-hydrogen) atoms. The Hall–Kier alpha value is -5.43. The molecule has 342 valence electrons. The largest absolute Gasteiger partial charge is 0.460 e. The van der Waals surface area contributed by atoms with Gasteiger partial charge in [0, 0.05) is 29.7 Å². The van der Waals surface area contributed by atoms with Crippen LogP contribution < -0.4 is 15.4 Å². The molecule has 1 saturated carbocycles. The average molecular weight is 890 g/mol. The Kier molecular flexibility index (Phi) is 16.6. The van der Waals surface area contributed by atoms with Gasteiger partial charge in [0.2, 0.25) is 11.9 Å². The van der Waals surface area contributed by atoms with E-state index in [-0.39, 0.29) is 52.9 Å². The molecule has 0 unspecified atom stereocenters. The first kappa shape index (κ1) is 50.2. The van der Waals surface area contributed by atoms with Gasteiger partial charge in [-0.25, -0.2) is 14.4 Å². The fourth-order valence-electron chi connectivity index (χ4n) is 6.80. The highest BCUT2D eigenvalue weighted by molar-refractivity contribution is 6.31. The number of aryl methyl sites for hydroxylation is 1. The van der Waals surface area contributed by atoms with E-state index in [1.54, 1.807) is 71.9 Å². The molecule has 3 aromatic carbocycles. The van der Waals surface area contributed by atoms with Gasteiger partial charge in [0.25, 0.3) is 0 Å². The van der Waals surface area contributed by atoms with Crippen LogP contribution in [0.25, 0.3) is 0 Å². The van der Waals surface area contributed by atoms with Gasteiger partial charge in [0.05, 0.1) is 11.5 Å². The van der Waals surface area contributed by atoms with Gasteiger partial charge in [-0.1, -0.05) is 62.7 Å². The number of hydrogen-bond donors (Lipinski definition) is 2. The number of ether oxygens (including phenoxy) is 4. The average Bonchev–Trinajstić information content (AvgIpc) is 3.14. The topological polar surface area (TPSA) is 162 Å². The number of esters is 2. The molecule has 2 N–H and O–H groups in total. The minimum absolute atomic E-state index is 0.00904. The van der Waals surface area contributed by atoms with E-state index in [9.17, 15) is 24.0 Å². The predicted molar refractivity (Wildman–Crippen MR) is 245 cm³/mol. The van der Waals surface area contributed by atoms with Crippen LogP contribution in [0.1, 0.15) is 142 Å². The highest BCUT2D eigenvalue weighted by Gasteiger charge is 2.34. The third-order valence-electron chi connectivity index (χ3n) is 9.79. The van der Waals surface area contributed by atoms with Crippen LogP contribution in [0.5, 0.6) is 5.75 Å². The van der Waals surface area contributed by atoms with Gasteiger partial charge in [-0.2, -0.15) is 0 Å². The number of alkyl carbamates (subject to hydrolysis) is 1. The molecule has 4 rings (SSSR count). The Labute approximate surface area is 377 Å². The van der Waals surface area contributed by atoms with Crippen molar-refractivity contribution >= 4 is 53.3 Å². The number of carbonyl (C=O) groups excluding carboxylic acids is 5. The minimum Gasteiger partial charge on any atom is -0.460 e.